The fourth-order valence-corrected chi connectivity index (χ4v) is 5.78. The Balaban J connectivity index is 1.53. The second kappa shape index (κ2) is 6.40. The number of fused-ring (bicyclic) bond motifs is 1. The topological polar surface area (TPSA) is 81.8 Å². The van der Waals surface area contributed by atoms with Crippen LogP contribution in [0.15, 0.2) is 29.2 Å². The molecule has 0 spiro atoms. The van der Waals surface area contributed by atoms with Crippen LogP contribution in [0.4, 0.5) is 0 Å². The van der Waals surface area contributed by atoms with Gasteiger partial charge in [0.05, 0.1) is 11.4 Å². The Hall–Kier alpha value is -1.83. The lowest BCUT2D eigenvalue weighted by Crippen LogP contribution is -2.38. The van der Waals surface area contributed by atoms with Gasteiger partial charge in [-0.15, -0.1) is 0 Å². The van der Waals surface area contributed by atoms with Gasteiger partial charge in [0.15, 0.2) is 0 Å². The summed E-state index contributed by atoms with van der Waals surface area (Å²) in [6.45, 7) is 4.48. The first-order valence-corrected chi connectivity index (χ1v) is 10.5. The summed E-state index contributed by atoms with van der Waals surface area (Å²) < 4.78 is 27.5. The Bertz CT molecular complexity index is 1040. The lowest BCUT2D eigenvalue weighted by molar-refractivity contribution is 0.317. The number of halogens is 1. The maximum Gasteiger partial charge on any atom is 0.246 e. The van der Waals surface area contributed by atoms with E-state index in [1.807, 2.05) is 18.2 Å². The largest absolute Gasteiger partial charge is 0.358 e. The maximum absolute atomic E-state index is 13.0. The first-order valence-electron chi connectivity index (χ1n) is 8.66. The molecular formula is C18H21ClN4O2S. The Morgan fingerprint density at radius 3 is 2.58 bits per heavy atom. The molecule has 0 saturated carbocycles. The minimum atomic E-state index is -3.50. The SMILES string of the molecule is Cc1n[nH]c(C)c1S(=O)(=O)N1CCC(c2cc3cc(Cl)ccc3[nH]2)CC1. The van der Waals surface area contributed by atoms with Crippen molar-refractivity contribution < 1.29 is 8.42 Å². The number of rotatable bonds is 3. The number of sulfonamides is 1. The van der Waals surface area contributed by atoms with Crippen molar-refractivity contribution in [2.24, 2.45) is 0 Å². The van der Waals surface area contributed by atoms with Crippen molar-refractivity contribution in [1.29, 1.82) is 0 Å². The van der Waals surface area contributed by atoms with Gasteiger partial charge >= 0.3 is 0 Å². The fourth-order valence-electron chi connectivity index (χ4n) is 3.80. The van der Waals surface area contributed by atoms with Crippen LogP contribution in [0.3, 0.4) is 0 Å². The second-order valence-electron chi connectivity index (χ2n) is 6.90. The molecule has 3 heterocycles. The number of benzene rings is 1. The number of nitrogens with one attached hydrogen (secondary N) is 2. The number of hydrogen-bond acceptors (Lipinski definition) is 3. The molecule has 26 heavy (non-hydrogen) atoms. The smallest absolute Gasteiger partial charge is 0.246 e. The van der Waals surface area contributed by atoms with E-state index < -0.39 is 10.0 Å². The van der Waals surface area contributed by atoms with Crippen molar-refractivity contribution in [3.8, 4) is 0 Å². The van der Waals surface area contributed by atoms with Gasteiger partial charge in [-0.3, -0.25) is 5.10 Å². The summed E-state index contributed by atoms with van der Waals surface area (Å²) in [5.74, 6) is 0.319. The van der Waals surface area contributed by atoms with Crippen LogP contribution >= 0.6 is 11.6 Å². The molecule has 2 aromatic heterocycles. The molecule has 1 saturated heterocycles. The summed E-state index contributed by atoms with van der Waals surface area (Å²) in [7, 11) is -3.50. The van der Waals surface area contributed by atoms with E-state index in [2.05, 4.69) is 21.2 Å². The van der Waals surface area contributed by atoms with Gasteiger partial charge in [-0.1, -0.05) is 11.6 Å². The van der Waals surface area contributed by atoms with Crippen LogP contribution < -0.4 is 0 Å². The van der Waals surface area contributed by atoms with Gasteiger partial charge in [0.25, 0.3) is 0 Å². The van der Waals surface area contributed by atoms with E-state index in [0.29, 0.717) is 35.3 Å². The minimum absolute atomic E-state index is 0.316. The molecule has 1 aliphatic heterocycles. The molecule has 1 aromatic carbocycles. The summed E-state index contributed by atoms with van der Waals surface area (Å²) in [4.78, 5) is 3.77. The Morgan fingerprint density at radius 1 is 1.19 bits per heavy atom. The van der Waals surface area contributed by atoms with Gasteiger partial charge in [0.1, 0.15) is 4.90 Å². The van der Waals surface area contributed by atoms with Gasteiger partial charge < -0.3 is 4.98 Å². The Labute approximate surface area is 157 Å². The van der Waals surface area contributed by atoms with Crippen molar-refractivity contribution in [2.45, 2.75) is 37.5 Å². The first kappa shape index (κ1) is 17.6. The van der Waals surface area contributed by atoms with Crippen LogP contribution in [0.5, 0.6) is 0 Å². The number of aryl methyl sites for hydroxylation is 2. The van der Waals surface area contributed by atoms with Gasteiger partial charge in [0, 0.05) is 40.6 Å². The minimum Gasteiger partial charge on any atom is -0.358 e. The number of nitrogens with zero attached hydrogens (tertiary/aromatic N) is 2. The Kier molecular flexibility index (Phi) is 4.33. The maximum atomic E-state index is 13.0. The van der Waals surface area contributed by atoms with Gasteiger partial charge in [0.2, 0.25) is 10.0 Å². The van der Waals surface area contributed by atoms with Crippen LogP contribution in [0.25, 0.3) is 10.9 Å². The van der Waals surface area contributed by atoms with E-state index in [9.17, 15) is 8.42 Å². The summed E-state index contributed by atoms with van der Waals surface area (Å²) in [6, 6.07) is 7.92. The van der Waals surface area contributed by atoms with E-state index in [1.54, 1.807) is 18.2 Å². The molecule has 138 valence electrons. The van der Waals surface area contributed by atoms with Crippen molar-refractivity contribution >= 4 is 32.5 Å². The van der Waals surface area contributed by atoms with Crippen LogP contribution in [-0.2, 0) is 10.0 Å². The quantitative estimate of drug-likeness (QED) is 0.712. The molecule has 8 heteroatoms. The van der Waals surface area contributed by atoms with Crippen molar-refractivity contribution in [3.05, 3.63) is 46.4 Å². The highest BCUT2D eigenvalue weighted by atomic mass is 35.5. The molecule has 1 fully saturated rings. The number of aromatic nitrogens is 3. The van der Waals surface area contributed by atoms with E-state index in [4.69, 9.17) is 11.6 Å². The normalized spacial score (nSPS) is 17.2. The van der Waals surface area contributed by atoms with Gasteiger partial charge in [-0.05, 0) is 51.0 Å². The number of aromatic amines is 2. The van der Waals surface area contributed by atoms with Crippen LogP contribution in [0, 0.1) is 13.8 Å². The van der Waals surface area contributed by atoms with Gasteiger partial charge in [-0.2, -0.15) is 9.40 Å². The molecule has 3 aromatic rings. The number of H-pyrrole nitrogens is 2. The first-order chi connectivity index (χ1) is 12.4. The molecule has 6 nitrogen and oxygen atoms in total. The summed E-state index contributed by atoms with van der Waals surface area (Å²) in [6.07, 6.45) is 1.57. The van der Waals surface area contributed by atoms with Crippen LogP contribution in [-0.4, -0.2) is 41.0 Å². The molecule has 0 aliphatic carbocycles. The Morgan fingerprint density at radius 2 is 1.92 bits per heavy atom. The average molecular weight is 393 g/mol. The van der Waals surface area contributed by atoms with E-state index in [-0.39, 0.29) is 0 Å². The fraction of sp³-hybridized carbons (Fsp3) is 0.389. The molecule has 4 rings (SSSR count). The van der Waals surface area contributed by atoms with E-state index in [0.717, 1.165) is 34.5 Å². The zero-order chi connectivity index (χ0) is 18.5. The molecular weight excluding hydrogens is 372 g/mol. The lowest BCUT2D eigenvalue weighted by atomic mass is 9.95. The van der Waals surface area contributed by atoms with Crippen LogP contribution in [0.2, 0.25) is 5.02 Å². The van der Waals surface area contributed by atoms with Gasteiger partial charge in [-0.25, -0.2) is 8.42 Å². The predicted molar refractivity (Wildman–Crippen MR) is 102 cm³/mol. The third-order valence-electron chi connectivity index (χ3n) is 5.16. The molecule has 0 radical (unpaired) electrons. The third-order valence-corrected chi connectivity index (χ3v) is 7.55. The van der Waals surface area contributed by atoms with E-state index >= 15 is 0 Å². The van der Waals surface area contributed by atoms with Crippen molar-refractivity contribution in [2.75, 3.05) is 13.1 Å². The molecule has 0 bridgehead atoms. The van der Waals surface area contributed by atoms with E-state index in [1.165, 1.54) is 0 Å². The lowest BCUT2D eigenvalue weighted by Gasteiger charge is -2.30. The summed E-state index contributed by atoms with van der Waals surface area (Å²) in [5, 5.41) is 8.60. The molecule has 0 amide bonds. The van der Waals surface area contributed by atoms with Crippen LogP contribution in [0.1, 0.15) is 35.8 Å². The van der Waals surface area contributed by atoms with Crippen molar-refractivity contribution in [1.82, 2.24) is 19.5 Å². The monoisotopic (exact) mass is 392 g/mol. The number of hydrogen-bond donors (Lipinski definition) is 2. The highest BCUT2D eigenvalue weighted by Gasteiger charge is 2.33. The molecule has 0 atom stereocenters. The second-order valence-corrected chi connectivity index (χ2v) is 9.21. The van der Waals surface area contributed by atoms with Crippen molar-refractivity contribution in [3.63, 3.8) is 0 Å². The highest BCUT2D eigenvalue weighted by Crippen LogP contribution is 2.33. The predicted octanol–water partition coefficient (Wildman–Crippen LogP) is 3.73. The zero-order valence-corrected chi connectivity index (χ0v) is 16.3. The highest BCUT2D eigenvalue weighted by molar-refractivity contribution is 7.89. The average Bonchev–Trinajstić information content (AvgIpc) is 3.18. The molecule has 0 unspecified atom stereocenters. The molecule has 1 aliphatic rings. The zero-order valence-electron chi connectivity index (χ0n) is 14.7. The summed E-state index contributed by atoms with van der Waals surface area (Å²) >= 11 is 6.06. The summed E-state index contributed by atoms with van der Waals surface area (Å²) in [5.41, 5.74) is 3.33. The standard InChI is InChI=1S/C18H21ClN4O2S/c1-11-18(12(2)22-21-11)26(24,25)23-7-5-13(6-8-23)17-10-14-9-15(19)3-4-16(14)20-17/h3-4,9-10,13,20H,5-8H2,1-2H3,(H,21,22). The third kappa shape index (κ3) is 2.94. The number of piperidine rings is 1. The molecule has 2 N–H and O–H groups in total.